The predicted octanol–water partition coefficient (Wildman–Crippen LogP) is 16.7. The van der Waals surface area contributed by atoms with Crippen molar-refractivity contribution >= 4 is 71.2 Å². The van der Waals surface area contributed by atoms with Gasteiger partial charge in [-0.2, -0.15) is 0 Å². The maximum Gasteiger partial charge on any atom is 0.0541 e. The number of aromatic nitrogens is 1. The van der Waals surface area contributed by atoms with Gasteiger partial charge in [0, 0.05) is 33.2 Å². The number of nitrogens with zero attached hydrogens (tertiary/aromatic N) is 2. The summed E-state index contributed by atoms with van der Waals surface area (Å²) in [6, 6.07) is 88.7. The third kappa shape index (κ3) is 6.04. The van der Waals surface area contributed by atoms with Crippen molar-refractivity contribution < 1.29 is 0 Å². The van der Waals surface area contributed by atoms with Crippen molar-refractivity contribution in [2.75, 3.05) is 4.90 Å². The second kappa shape index (κ2) is 14.8. The standard InChI is InChI=1S/C60H40N2/c1-2-17-45-38-47(31-30-41(45)14-1)57-40-50(36-37-53(57)46-20-11-21-49(39-46)62-59-27-9-7-24-55(59)56-25-8-10-28-60(56)62)61(58-29-13-19-43-16-4-6-23-54(43)58)48-34-32-44(33-35-48)52-26-12-18-42-15-3-5-22-51(42)52/h1-40H. The van der Waals surface area contributed by atoms with E-state index >= 15 is 0 Å². The van der Waals surface area contributed by atoms with Crippen LogP contribution in [0.3, 0.4) is 0 Å². The lowest BCUT2D eigenvalue weighted by molar-refractivity contribution is 1.18. The molecular weight excluding hydrogens is 749 g/mol. The van der Waals surface area contributed by atoms with E-state index < -0.39 is 0 Å². The monoisotopic (exact) mass is 788 g/mol. The minimum atomic E-state index is 1.09. The first-order valence-electron chi connectivity index (χ1n) is 21.3. The quantitative estimate of drug-likeness (QED) is 0.156. The van der Waals surface area contributed by atoms with Gasteiger partial charge in [0.25, 0.3) is 0 Å². The van der Waals surface area contributed by atoms with Crippen LogP contribution in [0, 0.1) is 0 Å². The highest BCUT2D eigenvalue weighted by Crippen LogP contribution is 2.44. The molecule has 62 heavy (non-hydrogen) atoms. The van der Waals surface area contributed by atoms with E-state index in [-0.39, 0.29) is 0 Å². The molecule has 0 saturated carbocycles. The Morgan fingerprint density at radius 2 is 0.823 bits per heavy atom. The van der Waals surface area contributed by atoms with Crippen LogP contribution in [0.5, 0.6) is 0 Å². The smallest absolute Gasteiger partial charge is 0.0541 e. The molecule has 0 bridgehead atoms. The molecule has 0 atom stereocenters. The highest BCUT2D eigenvalue weighted by Gasteiger charge is 2.20. The summed E-state index contributed by atoms with van der Waals surface area (Å²) in [4.78, 5) is 2.43. The molecule has 0 N–H and O–H groups in total. The molecule has 12 aromatic rings. The Bertz CT molecular complexity index is 3590. The van der Waals surface area contributed by atoms with Crippen LogP contribution in [-0.2, 0) is 0 Å². The summed E-state index contributed by atoms with van der Waals surface area (Å²) in [6.45, 7) is 0. The molecule has 0 saturated heterocycles. The maximum absolute atomic E-state index is 2.43. The largest absolute Gasteiger partial charge is 0.310 e. The van der Waals surface area contributed by atoms with Crippen LogP contribution >= 0.6 is 0 Å². The molecule has 2 heteroatoms. The van der Waals surface area contributed by atoms with Crippen LogP contribution < -0.4 is 4.90 Å². The Hall–Kier alpha value is -8.20. The van der Waals surface area contributed by atoms with Gasteiger partial charge >= 0.3 is 0 Å². The van der Waals surface area contributed by atoms with E-state index in [4.69, 9.17) is 0 Å². The van der Waals surface area contributed by atoms with Crippen LogP contribution in [0.2, 0.25) is 0 Å². The fourth-order valence-electron chi connectivity index (χ4n) is 9.63. The number of benzene rings is 11. The van der Waals surface area contributed by atoms with Gasteiger partial charge in [0.1, 0.15) is 0 Å². The number of hydrogen-bond donors (Lipinski definition) is 0. The lowest BCUT2D eigenvalue weighted by Crippen LogP contribution is -2.11. The lowest BCUT2D eigenvalue weighted by atomic mass is 9.92. The van der Waals surface area contributed by atoms with Crippen LogP contribution in [0.4, 0.5) is 17.1 Å². The minimum absolute atomic E-state index is 1.09. The lowest BCUT2D eigenvalue weighted by Gasteiger charge is -2.28. The SMILES string of the molecule is c1cc(-c2ccc(N(c3ccc(-c4cccc5ccccc45)cc3)c3cccc4ccccc34)cc2-c2ccc3ccccc3c2)cc(-n2c3ccccc3c3ccccc32)c1. The average molecular weight is 789 g/mol. The topological polar surface area (TPSA) is 8.17 Å². The Labute approximate surface area is 360 Å². The molecule has 0 fully saturated rings. The first-order chi connectivity index (χ1) is 30.7. The highest BCUT2D eigenvalue weighted by molar-refractivity contribution is 6.09. The van der Waals surface area contributed by atoms with Gasteiger partial charge in [-0.3, -0.25) is 0 Å². The Balaban J connectivity index is 1.06. The summed E-state index contributed by atoms with van der Waals surface area (Å²) in [7, 11) is 0. The fraction of sp³-hybridized carbons (Fsp3) is 0. The van der Waals surface area contributed by atoms with Crippen molar-refractivity contribution in [2.45, 2.75) is 0 Å². The van der Waals surface area contributed by atoms with Crippen LogP contribution in [-0.4, -0.2) is 4.57 Å². The zero-order chi connectivity index (χ0) is 41.0. The Kier molecular flexibility index (Phi) is 8.53. The van der Waals surface area contributed by atoms with Crippen molar-refractivity contribution in [1.82, 2.24) is 4.57 Å². The van der Waals surface area contributed by atoms with E-state index in [2.05, 4.69) is 252 Å². The molecule has 11 aromatic carbocycles. The summed E-state index contributed by atoms with van der Waals surface area (Å²) >= 11 is 0. The number of rotatable bonds is 7. The average Bonchev–Trinajstić information content (AvgIpc) is 3.68. The van der Waals surface area contributed by atoms with E-state index in [0.29, 0.717) is 0 Å². The minimum Gasteiger partial charge on any atom is -0.310 e. The first-order valence-corrected chi connectivity index (χ1v) is 21.3. The van der Waals surface area contributed by atoms with E-state index in [0.717, 1.165) is 28.3 Å². The second-order valence-corrected chi connectivity index (χ2v) is 16.1. The van der Waals surface area contributed by atoms with Crippen LogP contribution in [0.25, 0.3) is 93.2 Å². The van der Waals surface area contributed by atoms with Crippen molar-refractivity contribution in [3.63, 3.8) is 0 Å². The van der Waals surface area contributed by atoms with Gasteiger partial charge in [-0.15, -0.1) is 0 Å². The van der Waals surface area contributed by atoms with E-state index in [1.807, 2.05) is 0 Å². The number of fused-ring (bicyclic) bond motifs is 6. The summed E-state index contributed by atoms with van der Waals surface area (Å²) in [5, 5.41) is 9.86. The van der Waals surface area contributed by atoms with Gasteiger partial charge in [0.15, 0.2) is 0 Å². The van der Waals surface area contributed by atoms with Gasteiger partial charge < -0.3 is 9.47 Å². The number of hydrogen-bond acceptors (Lipinski definition) is 1. The number of anilines is 3. The fourth-order valence-corrected chi connectivity index (χ4v) is 9.63. The molecule has 0 radical (unpaired) electrons. The van der Waals surface area contributed by atoms with Crippen molar-refractivity contribution in [2.24, 2.45) is 0 Å². The Morgan fingerprint density at radius 1 is 0.274 bits per heavy atom. The molecular formula is C60H40N2. The van der Waals surface area contributed by atoms with Gasteiger partial charge in [0.05, 0.1) is 16.7 Å². The molecule has 290 valence electrons. The maximum atomic E-state index is 2.43. The molecule has 0 amide bonds. The molecule has 0 unspecified atom stereocenters. The highest BCUT2D eigenvalue weighted by atomic mass is 15.1. The molecule has 0 aliphatic rings. The van der Waals surface area contributed by atoms with E-state index in [1.54, 1.807) is 0 Å². The third-order valence-corrected chi connectivity index (χ3v) is 12.6. The summed E-state index contributed by atoms with van der Waals surface area (Å²) < 4.78 is 2.41. The summed E-state index contributed by atoms with van der Waals surface area (Å²) in [6.07, 6.45) is 0. The summed E-state index contributed by atoms with van der Waals surface area (Å²) in [5.74, 6) is 0. The molecule has 12 rings (SSSR count). The van der Waals surface area contributed by atoms with E-state index in [1.165, 1.54) is 81.9 Å². The normalized spacial score (nSPS) is 11.5. The van der Waals surface area contributed by atoms with Crippen LogP contribution in [0.1, 0.15) is 0 Å². The zero-order valence-corrected chi connectivity index (χ0v) is 34.0. The van der Waals surface area contributed by atoms with Crippen molar-refractivity contribution in [1.29, 1.82) is 0 Å². The summed E-state index contributed by atoms with van der Waals surface area (Å²) in [5.41, 5.74) is 14.0. The second-order valence-electron chi connectivity index (χ2n) is 16.1. The molecule has 1 heterocycles. The molecule has 0 spiro atoms. The first kappa shape index (κ1) is 35.7. The molecule has 1 aromatic heterocycles. The zero-order valence-electron chi connectivity index (χ0n) is 34.0. The van der Waals surface area contributed by atoms with Gasteiger partial charge in [-0.05, 0) is 121 Å². The van der Waals surface area contributed by atoms with E-state index in [9.17, 15) is 0 Å². The molecule has 0 aliphatic heterocycles. The molecule has 2 nitrogen and oxygen atoms in total. The molecule has 0 aliphatic carbocycles. The predicted molar refractivity (Wildman–Crippen MR) is 264 cm³/mol. The van der Waals surface area contributed by atoms with Gasteiger partial charge in [0.2, 0.25) is 0 Å². The van der Waals surface area contributed by atoms with Crippen molar-refractivity contribution in [3.05, 3.63) is 243 Å². The van der Waals surface area contributed by atoms with Crippen molar-refractivity contribution in [3.8, 4) is 39.1 Å². The third-order valence-electron chi connectivity index (χ3n) is 12.6. The van der Waals surface area contributed by atoms with Crippen LogP contribution in [0.15, 0.2) is 243 Å². The number of para-hydroxylation sites is 2. The Morgan fingerprint density at radius 3 is 1.58 bits per heavy atom. The van der Waals surface area contributed by atoms with Gasteiger partial charge in [-0.25, -0.2) is 0 Å². The van der Waals surface area contributed by atoms with Gasteiger partial charge in [-0.1, -0.05) is 182 Å².